The smallest absolute Gasteiger partial charge is 0.321 e. The van der Waals surface area contributed by atoms with E-state index in [9.17, 15) is 9.59 Å². The number of amides is 3. The van der Waals surface area contributed by atoms with Gasteiger partial charge in [0.2, 0.25) is 6.41 Å². The lowest BCUT2D eigenvalue weighted by Gasteiger charge is -2.32. The first kappa shape index (κ1) is 13.7. The lowest BCUT2D eigenvalue weighted by molar-refractivity contribution is -0.119. The number of urea groups is 1. The maximum atomic E-state index is 12.0. The Hall–Kier alpha value is -1.69. The molecule has 1 heterocycles. The molecule has 0 spiro atoms. The fourth-order valence-electron chi connectivity index (χ4n) is 1.91. The summed E-state index contributed by atoms with van der Waals surface area (Å²) in [6, 6.07) is 7.63. The predicted octanol–water partition coefficient (Wildman–Crippen LogP) is 1.71. The maximum Gasteiger partial charge on any atom is 0.321 e. The third-order valence-electron chi connectivity index (χ3n) is 3.09. The minimum atomic E-state index is -0.109. The van der Waals surface area contributed by atoms with Crippen LogP contribution in [0, 0.1) is 0 Å². The molecule has 1 aromatic rings. The number of carbonyl (C=O) groups is 2. The van der Waals surface area contributed by atoms with Gasteiger partial charge in [-0.05, 0) is 30.5 Å². The van der Waals surface area contributed by atoms with Crippen LogP contribution >= 0.6 is 11.8 Å². The molecule has 19 heavy (non-hydrogen) atoms. The van der Waals surface area contributed by atoms with Crippen LogP contribution in [-0.2, 0) is 4.79 Å². The minimum Gasteiger partial charge on any atom is -0.342 e. The molecule has 1 aliphatic heterocycles. The molecule has 0 saturated carbocycles. The summed E-state index contributed by atoms with van der Waals surface area (Å²) in [5.74, 6) is 0. The first-order valence-electron chi connectivity index (χ1n) is 6.12. The highest BCUT2D eigenvalue weighted by molar-refractivity contribution is 7.98. The van der Waals surface area contributed by atoms with Gasteiger partial charge < -0.3 is 15.1 Å². The van der Waals surface area contributed by atoms with Gasteiger partial charge in [0.1, 0.15) is 0 Å². The van der Waals surface area contributed by atoms with E-state index in [1.165, 1.54) is 0 Å². The lowest BCUT2D eigenvalue weighted by Crippen LogP contribution is -2.49. The number of anilines is 1. The lowest BCUT2D eigenvalue weighted by atomic mass is 10.3. The van der Waals surface area contributed by atoms with Crippen LogP contribution in [0.5, 0.6) is 0 Å². The summed E-state index contributed by atoms with van der Waals surface area (Å²) < 4.78 is 0. The van der Waals surface area contributed by atoms with Crippen molar-refractivity contribution in [2.24, 2.45) is 0 Å². The minimum absolute atomic E-state index is 0.109. The Morgan fingerprint density at radius 3 is 2.37 bits per heavy atom. The van der Waals surface area contributed by atoms with Crippen molar-refractivity contribution in [3.05, 3.63) is 24.3 Å². The van der Waals surface area contributed by atoms with E-state index in [1.807, 2.05) is 30.5 Å². The van der Waals surface area contributed by atoms with Crippen molar-refractivity contribution >= 4 is 29.9 Å². The Labute approximate surface area is 116 Å². The summed E-state index contributed by atoms with van der Waals surface area (Å²) >= 11 is 1.67. The molecule has 1 aliphatic rings. The molecule has 0 bridgehead atoms. The number of rotatable bonds is 3. The van der Waals surface area contributed by atoms with E-state index in [1.54, 1.807) is 21.6 Å². The Morgan fingerprint density at radius 2 is 1.84 bits per heavy atom. The predicted molar refractivity (Wildman–Crippen MR) is 76.5 cm³/mol. The van der Waals surface area contributed by atoms with Gasteiger partial charge in [-0.3, -0.25) is 4.79 Å². The van der Waals surface area contributed by atoms with Gasteiger partial charge in [0.25, 0.3) is 0 Å². The second-order valence-corrected chi connectivity index (χ2v) is 5.17. The number of thioether (sulfide) groups is 1. The van der Waals surface area contributed by atoms with Crippen molar-refractivity contribution < 1.29 is 9.59 Å². The first-order valence-corrected chi connectivity index (χ1v) is 7.35. The van der Waals surface area contributed by atoms with E-state index in [2.05, 4.69) is 5.32 Å². The average Bonchev–Trinajstić information content (AvgIpc) is 2.48. The number of hydrogen-bond donors (Lipinski definition) is 1. The number of benzene rings is 1. The number of hydrogen-bond acceptors (Lipinski definition) is 3. The van der Waals surface area contributed by atoms with Crippen LogP contribution in [-0.4, -0.2) is 54.7 Å². The highest BCUT2D eigenvalue weighted by atomic mass is 32.2. The molecular weight excluding hydrogens is 262 g/mol. The molecule has 1 saturated heterocycles. The molecule has 0 radical (unpaired) electrons. The van der Waals surface area contributed by atoms with Gasteiger partial charge in [-0.25, -0.2) is 4.79 Å². The summed E-state index contributed by atoms with van der Waals surface area (Å²) in [6.07, 6.45) is 2.84. The quantitative estimate of drug-likeness (QED) is 0.677. The molecule has 5 nitrogen and oxygen atoms in total. The molecule has 0 unspecified atom stereocenters. The summed E-state index contributed by atoms with van der Waals surface area (Å²) in [5.41, 5.74) is 0.792. The largest absolute Gasteiger partial charge is 0.342 e. The van der Waals surface area contributed by atoms with E-state index in [0.717, 1.165) is 17.0 Å². The highest BCUT2D eigenvalue weighted by Gasteiger charge is 2.19. The Balaban J connectivity index is 1.88. The highest BCUT2D eigenvalue weighted by Crippen LogP contribution is 2.17. The van der Waals surface area contributed by atoms with Crippen molar-refractivity contribution in [3.8, 4) is 0 Å². The molecule has 3 amide bonds. The summed E-state index contributed by atoms with van der Waals surface area (Å²) in [7, 11) is 0. The SMILES string of the molecule is CSc1ccc(NC(=O)N2CCN(C=O)CC2)cc1. The van der Waals surface area contributed by atoms with E-state index in [0.29, 0.717) is 26.2 Å². The Morgan fingerprint density at radius 1 is 1.21 bits per heavy atom. The molecule has 102 valence electrons. The van der Waals surface area contributed by atoms with Crippen molar-refractivity contribution in [1.29, 1.82) is 0 Å². The zero-order valence-electron chi connectivity index (χ0n) is 10.8. The molecule has 1 aromatic carbocycles. The van der Waals surface area contributed by atoms with E-state index >= 15 is 0 Å². The average molecular weight is 279 g/mol. The van der Waals surface area contributed by atoms with Crippen LogP contribution in [0.3, 0.4) is 0 Å². The van der Waals surface area contributed by atoms with Crippen molar-refractivity contribution in [1.82, 2.24) is 9.80 Å². The third-order valence-corrected chi connectivity index (χ3v) is 3.84. The third kappa shape index (κ3) is 3.64. The summed E-state index contributed by atoms with van der Waals surface area (Å²) in [5, 5.41) is 2.87. The maximum absolute atomic E-state index is 12.0. The summed E-state index contributed by atoms with van der Waals surface area (Å²) in [6.45, 7) is 2.35. The van der Waals surface area contributed by atoms with Crippen LogP contribution in [0.4, 0.5) is 10.5 Å². The summed E-state index contributed by atoms with van der Waals surface area (Å²) in [4.78, 5) is 27.2. The zero-order valence-corrected chi connectivity index (χ0v) is 11.7. The van der Waals surface area contributed by atoms with E-state index in [4.69, 9.17) is 0 Å². The number of nitrogens with zero attached hydrogens (tertiary/aromatic N) is 2. The molecule has 2 rings (SSSR count). The van der Waals surface area contributed by atoms with E-state index < -0.39 is 0 Å². The van der Waals surface area contributed by atoms with Gasteiger partial charge in [-0.2, -0.15) is 0 Å². The molecule has 0 atom stereocenters. The fraction of sp³-hybridized carbons (Fsp3) is 0.385. The second kappa shape index (κ2) is 6.47. The van der Waals surface area contributed by atoms with Crippen LogP contribution in [0.1, 0.15) is 0 Å². The van der Waals surface area contributed by atoms with Gasteiger partial charge in [0.15, 0.2) is 0 Å². The van der Waals surface area contributed by atoms with Crippen molar-refractivity contribution in [3.63, 3.8) is 0 Å². The fourth-order valence-corrected chi connectivity index (χ4v) is 2.32. The zero-order chi connectivity index (χ0) is 13.7. The van der Waals surface area contributed by atoms with Crippen LogP contribution in [0.25, 0.3) is 0 Å². The number of carbonyl (C=O) groups excluding carboxylic acids is 2. The standard InChI is InChI=1S/C13H17N3O2S/c1-19-12-4-2-11(3-5-12)14-13(18)16-8-6-15(10-17)7-9-16/h2-5,10H,6-9H2,1H3,(H,14,18). The number of nitrogens with one attached hydrogen (secondary N) is 1. The first-order chi connectivity index (χ1) is 9.22. The molecule has 0 aromatic heterocycles. The van der Waals surface area contributed by atoms with Crippen molar-refractivity contribution in [2.75, 3.05) is 37.8 Å². The molecular formula is C13H17N3O2S. The second-order valence-electron chi connectivity index (χ2n) is 4.29. The van der Waals surface area contributed by atoms with Gasteiger partial charge in [-0.15, -0.1) is 11.8 Å². The van der Waals surface area contributed by atoms with Crippen LogP contribution < -0.4 is 5.32 Å². The van der Waals surface area contributed by atoms with Gasteiger partial charge in [0, 0.05) is 36.8 Å². The molecule has 0 aliphatic carbocycles. The molecule has 6 heteroatoms. The molecule has 1 fully saturated rings. The van der Waals surface area contributed by atoms with Crippen LogP contribution in [0.15, 0.2) is 29.2 Å². The van der Waals surface area contributed by atoms with E-state index in [-0.39, 0.29) is 6.03 Å². The topological polar surface area (TPSA) is 52.7 Å². The van der Waals surface area contributed by atoms with Crippen molar-refractivity contribution in [2.45, 2.75) is 4.90 Å². The monoisotopic (exact) mass is 279 g/mol. The Kier molecular flexibility index (Phi) is 4.68. The number of piperazine rings is 1. The van der Waals surface area contributed by atoms with Crippen LogP contribution in [0.2, 0.25) is 0 Å². The molecule has 1 N–H and O–H groups in total. The van der Waals surface area contributed by atoms with Gasteiger partial charge in [0.05, 0.1) is 0 Å². The normalized spacial score (nSPS) is 15.2. The van der Waals surface area contributed by atoms with Gasteiger partial charge >= 0.3 is 6.03 Å². The van der Waals surface area contributed by atoms with Gasteiger partial charge in [-0.1, -0.05) is 0 Å². The Bertz CT molecular complexity index is 442.